The maximum absolute atomic E-state index is 5.79. The van der Waals surface area contributed by atoms with E-state index in [1.165, 1.54) is 33.4 Å². The van der Waals surface area contributed by atoms with E-state index in [9.17, 15) is 0 Å². The third-order valence-electron chi connectivity index (χ3n) is 4.73. The van der Waals surface area contributed by atoms with Crippen LogP contribution in [0.3, 0.4) is 0 Å². The lowest BCUT2D eigenvalue weighted by atomic mass is 9.95. The summed E-state index contributed by atoms with van der Waals surface area (Å²) >= 11 is 0. The van der Waals surface area contributed by atoms with Gasteiger partial charge in [-0.05, 0) is 59.2 Å². The van der Waals surface area contributed by atoms with Gasteiger partial charge in [-0.2, -0.15) is 0 Å². The minimum absolute atomic E-state index is 0.648. The minimum atomic E-state index is 0.648. The summed E-state index contributed by atoms with van der Waals surface area (Å²) in [4.78, 5) is 0. The number of hydrogen-bond acceptors (Lipinski definition) is 1. The van der Waals surface area contributed by atoms with Crippen LogP contribution in [0, 0.1) is 0 Å². The van der Waals surface area contributed by atoms with Gasteiger partial charge in [0.15, 0.2) is 0 Å². The fraction of sp³-hybridized carbons (Fsp3) is 0.185. The summed E-state index contributed by atoms with van der Waals surface area (Å²) in [6.07, 6.45) is 8.22. The summed E-state index contributed by atoms with van der Waals surface area (Å²) in [5, 5.41) is 0. The molecule has 0 radical (unpaired) electrons. The number of allylic oxidation sites excluding steroid dienone is 2. The van der Waals surface area contributed by atoms with Gasteiger partial charge in [-0.25, -0.2) is 0 Å². The van der Waals surface area contributed by atoms with E-state index in [0.717, 1.165) is 19.4 Å². The highest BCUT2D eigenvalue weighted by molar-refractivity contribution is 5.77. The predicted octanol–water partition coefficient (Wildman–Crippen LogP) is 7.54. The van der Waals surface area contributed by atoms with Crippen molar-refractivity contribution in [2.24, 2.45) is 0 Å². The first kappa shape index (κ1) is 19.9. The third-order valence-corrected chi connectivity index (χ3v) is 4.73. The molecule has 0 atom stereocenters. The zero-order chi connectivity index (χ0) is 19.6. The maximum Gasteiger partial charge on any atom is 0.0717 e. The molecule has 0 amide bonds. The zero-order valence-electron chi connectivity index (χ0n) is 16.6. The molecule has 0 fully saturated rings. The van der Waals surface area contributed by atoms with E-state index in [4.69, 9.17) is 4.74 Å². The number of unbranched alkanes of at least 4 members (excludes halogenated alkanes) is 1. The molecule has 3 rings (SSSR count). The fourth-order valence-electron chi connectivity index (χ4n) is 3.27. The average Bonchev–Trinajstić information content (AvgIpc) is 2.75. The molecule has 0 aliphatic carbocycles. The minimum Gasteiger partial charge on any atom is -0.377 e. The largest absolute Gasteiger partial charge is 0.377 e. The van der Waals surface area contributed by atoms with E-state index in [1.54, 1.807) is 0 Å². The summed E-state index contributed by atoms with van der Waals surface area (Å²) in [7, 11) is 0. The molecule has 142 valence electrons. The van der Waals surface area contributed by atoms with Crippen LogP contribution in [0.2, 0.25) is 0 Å². The van der Waals surface area contributed by atoms with Crippen LogP contribution in [0.1, 0.15) is 30.9 Å². The molecule has 1 nitrogen and oxygen atoms in total. The Kier molecular flexibility index (Phi) is 7.40. The maximum atomic E-state index is 5.79. The lowest BCUT2D eigenvalue weighted by Gasteiger charge is -2.11. The molecule has 0 spiro atoms. The Hall–Kier alpha value is -2.90. The molecule has 0 aromatic heterocycles. The van der Waals surface area contributed by atoms with Crippen LogP contribution in [0.5, 0.6) is 0 Å². The first-order valence-corrected chi connectivity index (χ1v) is 9.92. The van der Waals surface area contributed by atoms with Crippen molar-refractivity contribution in [3.05, 3.63) is 103 Å². The average molecular weight is 369 g/mol. The van der Waals surface area contributed by atoms with Crippen LogP contribution in [0.15, 0.2) is 91.5 Å². The smallest absolute Gasteiger partial charge is 0.0717 e. The summed E-state index contributed by atoms with van der Waals surface area (Å²) in [5.41, 5.74) is 7.38. The molecule has 0 saturated heterocycles. The molecular weight excluding hydrogens is 340 g/mol. The van der Waals surface area contributed by atoms with Crippen LogP contribution in [-0.2, 0) is 11.3 Å². The number of hydrogen-bond donors (Lipinski definition) is 0. The summed E-state index contributed by atoms with van der Waals surface area (Å²) in [6.45, 7) is 7.22. The van der Waals surface area contributed by atoms with Crippen molar-refractivity contribution >= 4 is 6.08 Å². The van der Waals surface area contributed by atoms with E-state index < -0.39 is 0 Å². The Bertz CT molecular complexity index is 905. The first-order valence-electron chi connectivity index (χ1n) is 9.92. The second-order valence-corrected chi connectivity index (χ2v) is 6.85. The van der Waals surface area contributed by atoms with Crippen LogP contribution in [0.4, 0.5) is 0 Å². The molecule has 0 aliphatic rings. The molecule has 3 aromatic carbocycles. The lowest BCUT2D eigenvalue weighted by molar-refractivity contribution is 0.119. The molecule has 0 unspecified atom stereocenters. The molecule has 1 heteroatoms. The van der Waals surface area contributed by atoms with Gasteiger partial charge in [-0.3, -0.25) is 0 Å². The van der Waals surface area contributed by atoms with Crippen molar-refractivity contribution in [3.8, 4) is 22.3 Å². The van der Waals surface area contributed by atoms with Gasteiger partial charge in [0.05, 0.1) is 6.61 Å². The number of ether oxygens (including phenoxy) is 1. The summed E-state index contributed by atoms with van der Waals surface area (Å²) in [6, 6.07) is 25.9. The Morgan fingerprint density at radius 1 is 0.857 bits per heavy atom. The van der Waals surface area contributed by atoms with Crippen molar-refractivity contribution in [2.45, 2.75) is 26.4 Å². The van der Waals surface area contributed by atoms with E-state index in [-0.39, 0.29) is 0 Å². The Labute approximate surface area is 169 Å². The number of benzene rings is 3. The fourth-order valence-corrected chi connectivity index (χ4v) is 3.27. The zero-order valence-corrected chi connectivity index (χ0v) is 16.6. The van der Waals surface area contributed by atoms with Gasteiger partial charge in [0, 0.05) is 6.61 Å². The Balaban J connectivity index is 1.78. The highest BCUT2D eigenvalue weighted by Crippen LogP contribution is 2.29. The van der Waals surface area contributed by atoms with Gasteiger partial charge in [0.1, 0.15) is 0 Å². The van der Waals surface area contributed by atoms with Crippen LogP contribution >= 0.6 is 0 Å². The van der Waals surface area contributed by atoms with E-state index >= 15 is 0 Å². The summed E-state index contributed by atoms with van der Waals surface area (Å²) < 4.78 is 5.79. The normalized spacial score (nSPS) is 11.0. The summed E-state index contributed by atoms with van der Waals surface area (Å²) in [5.74, 6) is 0. The van der Waals surface area contributed by atoms with Gasteiger partial charge < -0.3 is 4.74 Å². The highest BCUT2D eigenvalue weighted by Gasteiger charge is 2.06. The van der Waals surface area contributed by atoms with Gasteiger partial charge in [-0.15, -0.1) is 6.58 Å². The second-order valence-electron chi connectivity index (χ2n) is 6.85. The van der Waals surface area contributed by atoms with Crippen LogP contribution < -0.4 is 0 Å². The Morgan fingerprint density at radius 3 is 2.29 bits per heavy atom. The quantitative estimate of drug-likeness (QED) is 0.280. The molecular formula is C27H28O. The van der Waals surface area contributed by atoms with Crippen molar-refractivity contribution in [2.75, 3.05) is 6.61 Å². The van der Waals surface area contributed by atoms with Crippen molar-refractivity contribution < 1.29 is 4.74 Å². The van der Waals surface area contributed by atoms with Crippen molar-refractivity contribution in [3.63, 3.8) is 0 Å². The van der Waals surface area contributed by atoms with Gasteiger partial charge >= 0.3 is 0 Å². The molecule has 0 N–H and O–H groups in total. The first-order chi connectivity index (χ1) is 13.8. The van der Waals surface area contributed by atoms with Crippen molar-refractivity contribution in [1.82, 2.24) is 0 Å². The predicted molar refractivity (Wildman–Crippen MR) is 121 cm³/mol. The molecule has 28 heavy (non-hydrogen) atoms. The molecule has 0 aliphatic heterocycles. The Morgan fingerprint density at radius 2 is 1.57 bits per heavy atom. The molecule has 0 bridgehead atoms. The van der Waals surface area contributed by atoms with Gasteiger partial charge in [-0.1, -0.05) is 85.0 Å². The lowest BCUT2D eigenvalue weighted by Crippen LogP contribution is -1.96. The molecule has 3 aromatic rings. The molecule has 0 saturated carbocycles. The highest BCUT2D eigenvalue weighted by atomic mass is 16.5. The van der Waals surface area contributed by atoms with Gasteiger partial charge in [0.2, 0.25) is 0 Å². The van der Waals surface area contributed by atoms with Gasteiger partial charge in [0.25, 0.3) is 0 Å². The SMILES string of the molecule is C=CCCCOCc1ccc(-c2ccc(-c3ccccc3)cc2)c(/C=C/C)c1. The van der Waals surface area contributed by atoms with E-state index in [2.05, 4.69) is 92.4 Å². The van der Waals surface area contributed by atoms with E-state index in [1.807, 2.05) is 12.1 Å². The number of rotatable bonds is 9. The second kappa shape index (κ2) is 10.4. The third kappa shape index (κ3) is 5.31. The topological polar surface area (TPSA) is 9.23 Å². The monoisotopic (exact) mass is 368 g/mol. The van der Waals surface area contributed by atoms with E-state index in [0.29, 0.717) is 6.61 Å². The van der Waals surface area contributed by atoms with Crippen LogP contribution in [0.25, 0.3) is 28.3 Å². The molecule has 0 heterocycles. The van der Waals surface area contributed by atoms with Crippen LogP contribution in [-0.4, -0.2) is 6.61 Å². The standard InChI is InChI=1S/C27H28O/c1-3-5-9-19-28-21-22-13-18-27(26(20-22)10-4-2)25-16-14-24(15-17-25)23-11-7-6-8-12-23/h3-4,6-8,10-18,20H,1,5,9,19,21H2,2H3/b10-4+. The van der Waals surface area contributed by atoms with Crippen molar-refractivity contribution in [1.29, 1.82) is 0 Å².